The topological polar surface area (TPSA) is 76.2 Å². The summed E-state index contributed by atoms with van der Waals surface area (Å²) in [6.07, 6.45) is 1.25. The van der Waals surface area contributed by atoms with Crippen LogP contribution in [0.4, 0.5) is 0 Å². The van der Waals surface area contributed by atoms with Crippen molar-refractivity contribution in [1.29, 1.82) is 0 Å². The lowest BCUT2D eigenvalue weighted by Crippen LogP contribution is -2.51. The molecule has 0 radical (unpaired) electrons. The zero-order chi connectivity index (χ0) is 18.9. The monoisotopic (exact) mass is 382 g/mol. The molecule has 3 rings (SSSR count). The molecule has 2 saturated heterocycles. The van der Waals surface area contributed by atoms with Crippen molar-refractivity contribution in [1.82, 2.24) is 9.21 Å². The van der Waals surface area contributed by atoms with Gasteiger partial charge >= 0.3 is 0 Å². The minimum Gasteiger partial charge on any atom is -0.497 e. The third kappa shape index (κ3) is 3.45. The zero-order valence-corrected chi connectivity index (χ0v) is 16.3. The number of amides is 1. The van der Waals surface area contributed by atoms with Crippen molar-refractivity contribution in [2.75, 3.05) is 40.0 Å². The summed E-state index contributed by atoms with van der Waals surface area (Å²) in [5.41, 5.74) is 1.26. The van der Waals surface area contributed by atoms with E-state index in [0.717, 1.165) is 0 Å². The number of carbonyl (C=O) groups is 1. The quantitative estimate of drug-likeness (QED) is 0.785. The van der Waals surface area contributed by atoms with Gasteiger partial charge in [0, 0.05) is 19.6 Å². The molecule has 2 heterocycles. The van der Waals surface area contributed by atoms with Crippen LogP contribution in [0.2, 0.25) is 0 Å². The summed E-state index contributed by atoms with van der Waals surface area (Å²) in [5, 5.41) is 0. The Balaban J connectivity index is 1.92. The van der Waals surface area contributed by atoms with Gasteiger partial charge in [-0.2, -0.15) is 4.31 Å². The number of hydrogen-bond acceptors (Lipinski definition) is 5. The van der Waals surface area contributed by atoms with Crippen LogP contribution >= 0.6 is 0 Å². The Hall–Kier alpha value is -1.64. The van der Waals surface area contributed by atoms with Gasteiger partial charge in [-0.25, -0.2) is 8.42 Å². The summed E-state index contributed by atoms with van der Waals surface area (Å²) in [7, 11) is -2.20. The average molecular weight is 382 g/mol. The van der Waals surface area contributed by atoms with Crippen molar-refractivity contribution in [3.63, 3.8) is 0 Å². The molecular formula is C18H26N2O5S. The van der Waals surface area contributed by atoms with E-state index in [2.05, 4.69) is 0 Å². The highest BCUT2D eigenvalue weighted by Crippen LogP contribution is 2.32. The molecule has 2 aliphatic heterocycles. The zero-order valence-electron chi connectivity index (χ0n) is 15.5. The van der Waals surface area contributed by atoms with E-state index < -0.39 is 16.1 Å². The van der Waals surface area contributed by atoms with E-state index in [0.29, 0.717) is 62.6 Å². The Morgan fingerprint density at radius 1 is 1.15 bits per heavy atom. The summed E-state index contributed by atoms with van der Waals surface area (Å²) in [5.74, 6) is 0.513. The highest BCUT2D eigenvalue weighted by molar-refractivity contribution is 7.89. The van der Waals surface area contributed by atoms with Crippen molar-refractivity contribution in [3.8, 4) is 5.75 Å². The maximum absolute atomic E-state index is 13.4. The van der Waals surface area contributed by atoms with Crippen LogP contribution in [-0.4, -0.2) is 69.5 Å². The molecule has 0 aromatic heterocycles. The molecule has 2 fully saturated rings. The van der Waals surface area contributed by atoms with E-state index >= 15 is 0 Å². The minimum absolute atomic E-state index is 0.113. The van der Waals surface area contributed by atoms with Crippen LogP contribution in [-0.2, 0) is 19.6 Å². The number of aryl methyl sites for hydroxylation is 2. The SMILES string of the molecule is COc1cc(C)c(S(=O)(=O)N2CCC[C@H]2C(=O)N2CCOCC2)c(C)c1. The van der Waals surface area contributed by atoms with Gasteiger partial charge < -0.3 is 14.4 Å². The maximum Gasteiger partial charge on any atom is 0.244 e. The van der Waals surface area contributed by atoms with Gasteiger partial charge in [-0.15, -0.1) is 0 Å². The Labute approximate surface area is 154 Å². The van der Waals surface area contributed by atoms with Crippen molar-refractivity contribution < 1.29 is 22.7 Å². The first kappa shape index (κ1) is 19.1. The third-order valence-corrected chi connectivity index (χ3v) is 7.26. The molecule has 0 unspecified atom stereocenters. The second kappa shape index (κ2) is 7.54. The van der Waals surface area contributed by atoms with Gasteiger partial charge in [0.25, 0.3) is 0 Å². The van der Waals surface area contributed by atoms with E-state index in [1.807, 2.05) is 0 Å². The fraction of sp³-hybridized carbons (Fsp3) is 0.611. The number of morpholine rings is 1. The Bertz CT molecular complexity index is 764. The molecule has 0 aliphatic carbocycles. The second-order valence-corrected chi connectivity index (χ2v) is 8.63. The molecule has 1 aromatic carbocycles. The average Bonchev–Trinajstić information content (AvgIpc) is 3.11. The summed E-state index contributed by atoms with van der Waals surface area (Å²) >= 11 is 0. The van der Waals surface area contributed by atoms with Gasteiger partial charge in [0.1, 0.15) is 11.8 Å². The van der Waals surface area contributed by atoms with E-state index in [-0.39, 0.29) is 10.8 Å². The molecule has 0 bridgehead atoms. The number of nitrogens with zero attached hydrogens (tertiary/aromatic N) is 2. The normalized spacial score (nSPS) is 21.8. The van der Waals surface area contributed by atoms with E-state index in [9.17, 15) is 13.2 Å². The van der Waals surface area contributed by atoms with E-state index in [1.54, 1.807) is 38.0 Å². The van der Waals surface area contributed by atoms with Gasteiger partial charge in [-0.1, -0.05) is 0 Å². The largest absolute Gasteiger partial charge is 0.497 e. The summed E-state index contributed by atoms with van der Waals surface area (Å²) in [6.45, 7) is 5.93. The highest BCUT2D eigenvalue weighted by atomic mass is 32.2. The van der Waals surface area contributed by atoms with Crippen LogP contribution in [0.1, 0.15) is 24.0 Å². The molecular weight excluding hydrogens is 356 g/mol. The molecule has 2 aliphatic rings. The number of carbonyl (C=O) groups excluding carboxylic acids is 1. The first-order valence-electron chi connectivity index (χ1n) is 8.90. The lowest BCUT2D eigenvalue weighted by Gasteiger charge is -2.32. The number of sulfonamides is 1. The number of hydrogen-bond donors (Lipinski definition) is 0. The predicted octanol–water partition coefficient (Wildman–Crippen LogP) is 1.32. The standard InChI is InChI=1S/C18H26N2O5S/c1-13-11-15(24-3)12-14(2)17(13)26(22,23)20-6-4-5-16(20)18(21)19-7-9-25-10-8-19/h11-12,16H,4-10H2,1-3H3/t16-/m0/s1. The minimum atomic E-state index is -3.76. The van der Waals surface area contributed by atoms with Crippen LogP contribution in [0.15, 0.2) is 17.0 Å². The number of methoxy groups -OCH3 is 1. The molecule has 0 N–H and O–H groups in total. The Morgan fingerprint density at radius 3 is 2.35 bits per heavy atom. The van der Waals surface area contributed by atoms with Crippen LogP contribution in [0.25, 0.3) is 0 Å². The summed E-state index contributed by atoms with van der Waals surface area (Å²) in [4.78, 5) is 14.9. The molecule has 26 heavy (non-hydrogen) atoms. The highest BCUT2D eigenvalue weighted by Gasteiger charge is 2.42. The fourth-order valence-electron chi connectivity index (χ4n) is 3.82. The number of benzene rings is 1. The van der Waals surface area contributed by atoms with E-state index in [4.69, 9.17) is 9.47 Å². The summed E-state index contributed by atoms with van der Waals surface area (Å²) in [6, 6.07) is 2.81. The van der Waals surface area contributed by atoms with Crippen LogP contribution in [0.3, 0.4) is 0 Å². The molecule has 0 saturated carbocycles. The van der Waals surface area contributed by atoms with Gasteiger partial charge in [0.2, 0.25) is 15.9 Å². The maximum atomic E-state index is 13.4. The van der Waals surface area contributed by atoms with Crippen molar-refractivity contribution in [3.05, 3.63) is 23.3 Å². The van der Waals surface area contributed by atoms with Crippen LogP contribution in [0.5, 0.6) is 5.75 Å². The molecule has 7 nitrogen and oxygen atoms in total. The lowest BCUT2D eigenvalue weighted by atomic mass is 10.1. The van der Waals surface area contributed by atoms with Crippen molar-refractivity contribution >= 4 is 15.9 Å². The molecule has 144 valence electrons. The van der Waals surface area contributed by atoms with Crippen LogP contribution in [0, 0.1) is 13.8 Å². The molecule has 1 atom stereocenters. The van der Waals surface area contributed by atoms with Crippen LogP contribution < -0.4 is 4.74 Å². The van der Waals surface area contributed by atoms with Crippen molar-refractivity contribution in [2.24, 2.45) is 0 Å². The lowest BCUT2D eigenvalue weighted by molar-refractivity contribution is -0.138. The Kier molecular flexibility index (Phi) is 5.55. The van der Waals surface area contributed by atoms with Gasteiger partial charge in [0.15, 0.2) is 0 Å². The smallest absolute Gasteiger partial charge is 0.244 e. The number of ether oxygens (including phenoxy) is 2. The Morgan fingerprint density at radius 2 is 1.77 bits per heavy atom. The van der Waals surface area contributed by atoms with Gasteiger partial charge in [-0.3, -0.25) is 4.79 Å². The molecule has 1 amide bonds. The molecule has 0 spiro atoms. The first-order chi connectivity index (χ1) is 12.4. The predicted molar refractivity (Wildman–Crippen MR) is 96.8 cm³/mol. The van der Waals surface area contributed by atoms with E-state index in [1.165, 1.54) is 4.31 Å². The van der Waals surface area contributed by atoms with Gasteiger partial charge in [0.05, 0.1) is 25.2 Å². The first-order valence-corrected chi connectivity index (χ1v) is 10.3. The number of rotatable bonds is 4. The molecule has 8 heteroatoms. The second-order valence-electron chi connectivity index (χ2n) is 6.80. The summed E-state index contributed by atoms with van der Waals surface area (Å²) < 4.78 is 38.6. The third-order valence-electron chi connectivity index (χ3n) is 5.05. The van der Waals surface area contributed by atoms with Gasteiger partial charge in [-0.05, 0) is 49.9 Å². The fourth-order valence-corrected chi connectivity index (χ4v) is 5.89. The van der Waals surface area contributed by atoms with Crippen molar-refractivity contribution in [2.45, 2.75) is 37.6 Å². The molecule has 1 aromatic rings.